The maximum absolute atomic E-state index is 13.8. The molecule has 0 fully saturated rings. The largest absolute Gasteiger partial charge is 0.417 e. The van der Waals surface area contributed by atoms with Gasteiger partial charge in [0.2, 0.25) is 0 Å². The van der Waals surface area contributed by atoms with Crippen LogP contribution in [-0.2, 0) is 24.7 Å². The molecule has 0 saturated carbocycles. The number of anilines is 4. The maximum atomic E-state index is 13.8. The monoisotopic (exact) mass is 792 g/mol. The average molecular weight is 793 g/mol. The fourth-order valence-electron chi connectivity index (χ4n) is 6.03. The summed E-state index contributed by atoms with van der Waals surface area (Å²) in [5.41, 5.74) is 18.1. The van der Waals surface area contributed by atoms with Crippen LogP contribution in [0.1, 0.15) is 22.3 Å². The summed E-state index contributed by atoms with van der Waals surface area (Å²) in [4.78, 5) is 0. The minimum atomic E-state index is -4.82. The van der Waals surface area contributed by atoms with Crippen molar-refractivity contribution in [3.63, 3.8) is 0 Å². The van der Waals surface area contributed by atoms with Crippen molar-refractivity contribution in [3.05, 3.63) is 144 Å². The average Bonchev–Trinajstić information content (AvgIpc) is 3.10. The summed E-state index contributed by atoms with van der Waals surface area (Å²) in [6, 6.07) is 23.6. The van der Waals surface area contributed by atoms with E-state index in [2.05, 4.69) is 0 Å². The number of halogens is 12. The lowest BCUT2D eigenvalue weighted by Gasteiger charge is -2.20. The van der Waals surface area contributed by atoms with Crippen LogP contribution in [0, 0.1) is 0 Å². The minimum Gasteiger partial charge on any atom is -0.399 e. The van der Waals surface area contributed by atoms with Gasteiger partial charge in [0.15, 0.2) is 0 Å². The maximum Gasteiger partial charge on any atom is 0.417 e. The van der Waals surface area contributed by atoms with Crippen molar-refractivity contribution in [2.75, 3.05) is 22.9 Å². The van der Waals surface area contributed by atoms with Crippen LogP contribution in [0.5, 0.6) is 0 Å². The van der Waals surface area contributed by atoms with E-state index in [1.165, 1.54) is 72.8 Å². The van der Waals surface area contributed by atoms with Crippen LogP contribution in [0.2, 0.25) is 0 Å². The van der Waals surface area contributed by atoms with Gasteiger partial charge < -0.3 is 22.9 Å². The van der Waals surface area contributed by atoms with Crippen LogP contribution in [0.4, 0.5) is 75.4 Å². The summed E-state index contributed by atoms with van der Waals surface area (Å²) in [5.74, 6) is 0. The molecular formula is C40H28F12N4. The van der Waals surface area contributed by atoms with Crippen LogP contribution in [-0.4, -0.2) is 0 Å². The highest BCUT2D eigenvalue weighted by Gasteiger charge is 2.39. The second-order valence-electron chi connectivity index (χ2n) is 12.3. The summed E-state index contributed by atoms with van der Waals surface area (Å²) in [5, 5.41) is 0. The minimum absolute atomic E-state index is 0.0847. The van der Waals surface area contributed by atoms with Crippen LogP contribution < -0.4 is 22.9 Å². The molecule has 0 aliphatic heterocycles. The summed E-state index contributed by atoms with van der Waals surface area (Å²) < 4.78 is 161. The lowest BCUT2D eigenvalue weighted by molar-refractivity contribution is -0.139. The molecule has 0 aliphatic carbocycles. The highest BCUT2D eigenvalue weighted by molar-refractivity contribution is 5.95. The highest BCUT2D eigenvalue weighted by atomic mass is 19.4. The van der Waals surface area contributed by atoms with E-state index in [-0.39, 0.29) is 56.1 Å². The molecule has 6 aromatic rings. The summed E-state index contributed by atoms with van der Waals surface area (Å²) in [6.07, 6.45) is -18.9. The molecule has 0 spiro atoms. The van der Waals surface area contributed by atoms with Crippen LogP contribution in [0.15, 0.2) is 121 Å². The molecule has 0 aromatic heterocycles. The lowest BCUT2D eigenvalue weighted by atomic mass is 9.86. The molecule has 56 heavy (non-hydrogen) atoms. The van der Waals surface area contributed by atoms with Gasteiger partial charge >= 0.3 is 24.7 Å². The molecule has 0 heterocycles. The van der Waals surface area contributed by atoms with Crippen molar-refractivity contribution in [3.8, 4) is 44.5 Å². The first-order chi connectivity index (χ1) is 26.0. The third-order valence-corrected chi connectivity index (χ3v) is 8.41. The molecule has 0 unspecified atom stereocenters. The second-order valence-corrected chi connectivity index (χ2v) is 12.3. The molecule has 4 nitrogen and oxygen atoms in total. The molecule has 6 aromatic carbocycles. The Morgan fingerprint density at radius 1 is 0.250 bits per heavy atom. The zero-order valence-electron chi connectivity index (χ0n) is 28.4. The lowest BCUT2D eigenvalue weighted by Crippen LogP contribution is -2.12. The Hall–Kier alpha value is -6.32. The molecule has 0 aliphatic rings. The van der Waals surface area contributed by atoms with Gasteiger partial charge in [-0.1, -0.05) is 48.5 Å². The van der Waals surface area contributed by atoms with E-state index >= 15 is 0 Å². The summed E-state index contributed by atoms with van der Waals surface area (Å²) in [6.45, 7) is 0. The van der Waals surface area contributed by atoms with E-state index in [0.29, 0.717) is 12.1 Å². The van der Waals surface area contributed by atoms with Crippen LogP contribution in [0.3, 0.4) is 0 Å². The molecular weight excluding hydrogens is 764 g/mol. The molecule has 0 bridgehead atoms. The third kappa shape index (κ3) is 8.96. The van der Waals surface area contributed by atoms with E-state index in [4.69, 9.17) is 22.9 Å². The molecule has 8 N–H and O–H groups in total. The molecule has 0 radical (unpaired) electrons. The standard InChI is InChI=1S/C26H18F6N2.C14H10F6N2/c27-25(28,29)23-7-3-1-5-19(23)17-11-9-15(33)13-21(17)22-14-16(34)10-12-18(22)20-6-2-4-8-24(20)26(30,31)32;15-13(16,17)11-3-1-7(21)5-9(11)10-6-8(22)2-4-12(10)14(18,19)20/h1-14H,33-34H2;1-6H,21-22H2. The first kappa shape index (κ1) is 40.9. The molecule has 16 heteroatoms. The first-order valence-electron chi connectivity index (χ1n) is 16.0. The number of alkyl halides is 12. The predicted molar refractivity (Wildman–Crippen MR) is 192 cm³/mol. The van der Waals surface area contributed by atoms with Crippen molar-refractivity contribution < 1.29 is 52.7 Å². The van der Waals surface area contributed by atoms with Gasteiger partial charge in [-0.05, 0) is 117 Å². The fourth-order valence-corrected chi connectivity index (χ4v) is 6.03. The van der Waals surface area contributed by atoms with Crippen molar-refractivity contribution in [2.24, 2.45) is 0 Å². The Labute approximate surface area is 311 Å². The molecule has 0 saturated heterocycles. The number of hydrogen-bond acceptors (Lipinski definition) is 4. The van der Waals surface area contributed by atoms with Gasteiger partial charge in [-0.25, -0.2) is 0 Å². The Kier molecular flexibility index (Phi) is 11.0. The quantitative estimate of drug-likeness (QED) is 0.105. The fraction of sp³-hybridized carbons (Fsp3) is 0.100. The van der Waals surface area contributed by atoms with Crippen LogP contribution in [0.25, 0.3) is 44.5 Å². The Bertz CT molecular complexity index is 2210. The zero-order chi connectivity index (χ0) is 41.4. The topological polar surface area (TPSA) is 104 Å². The second kappa shape index (κ2) is 15.1. The SMILES string of the molecule is Nc1ccc(-c2ccccc2C(F)(F)F)c(-c2cc(N)ccc2-c2ccccc2C(F)(F)F)c1.Nc1ccc(C(F)(F)F)c(-c2cc(N)ccc2C(F)(F)F)c1. The van der Waals surface area contributed by atoms with Gasteiger partial charge in [0, 0.05) is 22.7 Å². The van der Waals surface area contributed by atoms with Gasteiger partial charge in [-0.2, -0.15) is 52.7 Å². The molecule has 0 amide bonds. The Morgan fingerprint density at radius 3 is 0.804 bits per heavy atom. The number of rotatable bonds is 4. The number of nitrogens with two attached hydrogens (primary N) is 4. The normalized spacial score (nSPS) is 12.2. The highest BCUT2D eigenvalue weighted by Crippen LogP contribution is 2.47. The first-order valence-corrected chi connectivity index (χ1v) is 16.0. The van der Waals surface area contributed by atoms with Gasteiger partial charge in [-0.15, -0.1) is 0 Å². The third-order valence-electron chi connectivity index (χ3n) is 8.41. The van der Waals surface area contributed by atoms with Gasteiger partial charge in [0.05, 0.1) is 22.3 Å². The molecule has 6 rings (SSSR count). The zero-order valence-corrected chi connectivity index (χ0v) is 28.4. The smallest absolute Gasteiger partial charge is 0.399 e. The summed E-state index contributed by atoms with van der Waals surface area (Å²) >= 11 is 0. The van der Waals surface area contributed by atoms with Crippen LogP contribution >= 0.6 is 0 Å². The number of nitrogen functional groups attached to an aromatic ring is 4. The van der Waals surface area contributed by atoms with Crippen molar-refractivity contribution in [1.29, 1.82) is 0 Å². The van der Waals surface area contributed by atoms with Gasteiger partial charge in [0.25, 0.3) is 0 Å². The van der Waals surface area contributed by atoms with E-state index in [9.17, 15) is 52.7 Å². The number of hydrogen-bond donors (Lipinski definition) is 4. The van der Waals surface area contributed by atoms with Crippen molar-refractivity contribution in [1.82, 2.24) is 0 Å². The van der Waals surface area contributed by atoms with Crippen molar-refractivity contribution in [2.45, 2.75) is 24.7 Å². The number of benzene rings is 6. The van der Waals surface area contributed by atoms with Crippen molar-refractivity contribution >= 4 is 22.7 Å². The molecule has 292 valence electrons. The van der Waals surface area contributed by atoms with Gasteiger partial charge in [0.1, 0.15) is 0 Å². The van der Waals surface area contributed by atoms with Gasteiger partial charge in [-0.3, -0.25) is 0 Å². The Morgan fingerprint density at radius 2 is 0.500 bits per heavy atom. The van der Waals surface area contributed by atoms with E-state index < -0.39 is 58.1 Å². The Balaban J connectivity index is 0.000000236. The summed E-state index contributed by atoms with van der Waals surface area (Å²) in [7, 11) is 0. The molecule has 0 atom stereocenters. The van der Waals surface area contributed by atoms with E-state index in [1.807, 2.05) is 0 Å². The predicted octanol–water partition coefficient (Wildman–Crippen LogP) is 12.4. The van der Waals surface area contributed by atoms with E-state index in [0.717, 1.165) is 36.4 Å². The van der Waals surface area contributed by atoms with E-state index in [1.54, 1.807) is 0 Å².